The van der Waals surface area contributed by atoms with Gasteiger partial charge in [0.2, 0.25) is 0 Å². The normalized spacial score (nSPS) is 19.9. The summed E-state index contributed by atoms with van der Waals surface area (Å²) in [6.45, 7) is 0.536. The highest BCUT2D eigenvalue weighted by atomic mass is 32.2. The molecule has 146 valence electrons. The van der Waals surface area contributed by atoms with Crippen LogP contribution in [0.15, 0.2) is 54.6 Å². The predicted molar refractivity (Wildman–Crippen MR) is 102 cm³/mol. The molecule has 2 unspecified atom stereocenters. The van der Waals surface area contributed by atoms with Crippen molar-refractivity contribution in [3.05, 3.63) is 66.0 Å². The van der Waals surface area contributed by atoms with Crippen molar-refractivity contribution < 1.29 is 22.7 Å². The number of aliphatic hydroxyl groups is 1. The van der Waals surface area contributed by atoms with E-state index in [1.54, 1.807) is 30.3 Å². The van der Waals surface area contributed by atoms with Gasteiger partial charge in [-0.05, 0) is 24.6 Å². The summed E-state index contributed by atoms with van der Waals surface area (Å²) in [7, 11) is -3.08. The Morgan fingerprint density at radius 1 is 1.15 bits per heavy atom. The molecule has 3 rings (SSSR count). The maximum atomic E-state index is 14.1. The Morgan fingerprint density at radius 3 is 2.52 bits per heavy atom. The van der Waals surface area contributed by atoms with E-state index in [1.165, 1.54) is 6.07 Å². The Morgan fingerprint density at radius 2 is 1.85 bits per heavy atom. The van der Waals surface area contributed by atoms with Crippen molar-refractivity contribution >= 4 is 9.84 Å². The lowest BCUT2D eigenvalue weighted by Crippen LogP contribution is -2.42. The molecule has 7 heteroatoms. The lowest BCUT2D eigenvalue weighted by molar-refractivity contribution is 0.0520. The van der Waals surface area contributed by atoms with E-state index >= 15 is 0 Å². The zero-order chi connectivity index (χ0) is 19.3. The molecule has 5 nitrogen and oxygen atoms in total. The number of para-hydroxylation sites is 1. The molecule has 1 N–H and O–H groups in total. The first-order valence-corrected chi connectivity index (χ1v) is 10.8. The Hall–Kier alpha value is -1.96. The molecule has 0 bridgehead atoms. The Labute approximate surface area is 159 Å². The van der Waals surface area contributed by atoms with Crippen molar-refractivity contribution in [2.45, 2.75) is 25.1 Å². The number of halogens is 1. The summed E-state index contributed by atoms with van der Waals surface area (Å²) in [5, 5.41) is 10.4. The minimum absolute atomic E-state index is 0.0354. The molecule has 1 saturated heterocycles. The molecule has 0 amide bonds. The average molecular weight is 393 g/mol. The van der Waals surface area contributed by atoms with Gasteiger partial charge in [-0.2, -0.15) is 0 Å². The maximum Gasteiger partial charge on any atom is 0.151 e. The number of aliphatic hydroxyl groups excluding tert-OH is 1. The van der Waals surface area contributed by atoms with Crippen LogP contribution < -0.4 is 4.74 Å². The van der Waals surface area contributed by atoms with Gasteiger partial charge in [0.15, 0.2) is 9.84 Å². The van der Waals surface area contributed by atoms with E-state index in [1.807, 2.05) is 23.1 Å². The van der Waals surface area contributed by atoms with E-state index in [2.05, 4.69) is 0 Å². The Kier molecular flexibility index (Phi) is 6.46. The molecule has 2 atom stereocenters. The van der Waals surface area contributed by atoms with Gasteiger partial charge in [-0.1, -0.05) is 36.4 Å². The summed E-state index contributed by atoms with van der Waals surface area (Å²) in [5.74, 6) is 0.481. The number of rotatable bonds is 8. The molecular weight excluding hydrogens is 369 g/mol. The first-order valence-electron chi connectivity index (χ1n) is 8.97. The number of hydrogen-bond acceptors (Lipinski definition) is 5. The molecule has 0 saturated carbocycles. The molecule has 0 radical (unpaired) electrons. The first kappa shape index (κ1) is 19.8. The fraction of sp³-hybridized carbons (Fsp3) is 0.400. The van der Waals surface area contributed by atoms with Gasteiger partial charge in [-0.3, -0.25) is 4.90 Å². The van der Waals surface area contributed by atoms with Crippen molar-refractivity contribution in [2.24, 2.45) is 0 Å². The van der Waals surface area contributed by atoms with Gasteiger partial charge in [0.1, 0.15) is 24.3 Å². The zero-order valence-electron chi connectivity index (χ0n) is 15.0. The summed E-state index contributed by atoms with van der Waals surface area (Å²) in [6.07, 6.45) is -0.330. The number of benzene rings is 2. The van der Waals surface area contributed by atoms with Crippen LogP contribution in [0.1, 0.15) is 12.0 Å². The SMILES string of the molecule is O=S1(=O)CCC(N(Cc2ccccc2F)CC(O)COc2ccccc2)C1. The van der Waals surface area contributed by atoms with Crippen LogP contribution in [-0.2, 0) is 16.4 Å². The van der Waals surface area contributed by atoms with E-state index in [9.17, 15) is 17.9 Å². The van der Waals surface area contributed by atoms with Gasteiger partial charge in [0, 0.05) is 24.7 Å². The summed E-state index contributed by atoms with van der Waals surface area (Å²) in [4.78, 5) is 1.85. The van der Waals surface area contributed by atoms with Gasteiger partial charge in [-0.15, -0.1) is 0 Å². The molecular formula is C20H24FNO4S. The summed E-state index contributed by atoms with van der Waals surface area (Å²) in [6, 6.07) is 15.3. The number of nitrogens with zero attached hydrogens (tertiary/aromatic N) is 1. The van der Waals surface area contributed by atoms with E-state index in [0.717, 1.165) is 0 Å². The summed E-state index contributed by atoms with van der Waals surface area (Å²) in [5.41, 5.74) is 0.484. The summed E-state index contributed by atoms with van der Waals surface area (Å²) < 4.78 is 43.4. The minimum atomic E-state index is -3.08. The maximum absolute atomic E-state index is 14.1. The van der Waals surface area contributed by atoms with Crippen LogP contribution >= 0.6 is 0 Å². The molecule has 1 heterocycles. The van der Waals surface area contributed by atoms with E-state index in [-0.39, 0.29) is 43.1 Å². The lowest BCUT2D eigenvalue weighted by atomic mass is 10.1. The monoisotopic (exact) mass is 393 g/mol. The molecule has 2 aromatic rings. The molecule has 0 aromatic heterocycles. The number of sulfone groups is 1. The smallest absolute Gasteiger partial charge is 0.151 e. The second-order valence-corrected chi connectivity index (χ2v) is 9.08. The molecule has 1 aliphatic heterocycles. The fourth-order valence-corrected chi connectivity index (χ4v) is 5.05. The van der Waals surface area contributed by atoms with Gasteiger partial charge in [0.05, 0.1) is 11.5 Å². The predicted octanol–water partition coefficient (Wildman–Crippen LogP) is 2.25. The third-order valence-corrected chi connectivity index (χ3v) is 6.44. The molecule has 27 heavy (non-hydrogen) atoms. The van der Waals surface area contributed by atoms with Crippen molar-refractivity contribution in [1.29, 1.82) is 0 Å². The van der Waals surface area contributed by atoms with E-state index < -0.39 is 15.9 Å². The van der Waals surface area contributed by atoms with Crippen LogP contribution in [0.3, 0.4) is 0 Å². The van der Waals surface area contributed by atoms with Crippen molar-refractivity contribution in [2.75, 3.05) is 24.7 Å². The van der Waals surface area contributed by atoms with Gasteiger partial charge in [-0.25, -0.2) is 12.8 Å². The molecule has 1 fully saturated rings. The van der Waals surface area contributed by atoms with Gasteiger partial charge < -0.3 is 9.84 Å². The standard InChI is InChI=1S/C20H24FNO4S/c21-20-9-5-4-6-16(20)12-22(17-10-11-27(24,25)15-17)13-18(23)14-26-19-7-2-1-3-8-19/h1-9,17-18,23H,10-15H2. The molecule has 0 aliphatic carbocycles. The Balaban J connectivity index is 1.66. The Bertz CT molecular complexity index is 844. The molecule has 2 aromatic carbocycles. The number of hydrogen-bond donors (Lipinski definition) is 1. The highest BCUT2D eigenvalue weighted by molar-refractivity contribution is 7.91. The number of ether oxygens (including phenoxy) is 1. The van der Waals surface area contributed by atoms with Crippen LogP contribution in [0.2, 0.25) is 0 Å². The van der Waals surface area contributed by atoms with Gasteiger partial charge >= 0.3 is 0 Å². The van der Waals surface area contributed by atoms with Crippen molar-refractivity contribution in [3.63, 3.8) is 0 Å². The second-order valence-electron chi connectivity index (χ2n) is 6.86. The van der Waals surface area contributed by atoms with E-state index in [4.69, 9.17) is 4.74 Å². The minimum Gasteiger partial charge on any atom is -0.491 e. The third kappa shape index (κ3) is 5.76. The first-order chi connectivity index (χ1) is 12.9. The van der Waals surface area contributed by atoms with Crippen LogP contribution in [0.4, 0.5) is 4.39 Å². The van der Waals surface area contributed by atoms with Gasteiger partial charge in [0.25, 0.3) is 0 Å². The van der Waals surface area contributed by atoms with Crippen LogP contribution in [0.25, 0.3) is 0 Å². The third-order valence-electron chi connectivity index (χ3n) is 4.69. The van der Waals surface area contributed by atoms with Crippen molar-refractivity contribution in [1.82, 2.24) is 4.90 Å². The van der Waals surface area contributed by atoms with Crippen LogP contribution in [0, 0.1) is 5.82 Å². The quantitative estimate of drug-likeness (QED) is 0.745. The topological polar surface area (TPSA) is 66.8 Å². The lowest BCUT2D eigenvalue weighted by Gasteiger charge is -2.30. The largest absolute Gasteiger partial charge is 0.491 e. The summed E-state index contributed by atoms with van der Waals surface area (Å²) >= 11 is 0. The highest BCUT2D eigenvalue weighted by Gasteiger charge is 2.33. The zero-order valence-corrected chi connectivity index (χ0v) is 15.8. The molecule has 1 aliphatic rings. The van der Waals surface area contributed by atoms with E-state index in [0.29, 0.717) is 17.7 Å². The van der Waals surface area contributed by atoms with Crippen LogP contribution in [0.5, 0.6) is 5.75 Å². The molecule has 0 spiro atoms. The second kappa shape index (κ2) is 8.82. The average Bonchev–Trinajstić information content (AvgIpc) is 3.02. The van der Waals surface area contributed by atoms with Crippen molar-refractivity contribution in [3.8, 4) is 5.75 Å². The highest BCUT2D eigenvalue weighted by Crippen LogP contribution is 2.21. The fourth-order valence-electron chi connectivity index (χ4n) is 3.28. The van der Waals surface area contributed by atoms with Crippen LogP contribution in [-0.4, -0.2) is 55.2 Å².